The van der Waals surface area contributed by atoms with Crippen molar-refractivity contribution in [1.29, 1.82) is 0 Å². The van der Waals surface area contributed by atoms with Crippen LogP contribution in [0.2, 0.25) is 0 Å². The van der Waals surface area contributed by atoms with Crippen LogP contribution in [0.4, 0.5) is 16.2 Å². The Morgan fingerprint density at radius 1 is 1.08 bits per heavy atom. The van der Waals surface area contributed by atoms with Gasteiger partial charge in [0.15, 0.2) is 0 Å². The number of anilines is 2. The molecule has 2 aromatic carbocycles. The number of carbonyl (C=O) groups excluding carboxylic acids is 1. The van der Waals surface area contributed by atoms with Crippen LogP contribution in [0.1, 0.15) is 13.8 Å². The predicted molar refractivity (Wildman–Crippen MR) is 99.6 cm³/mol. The van der Waals surface area contributed by atoms with Gasteiger partial charge in [-0.15, -0.1) is 0 Å². The van der Waals surface area contributed by atoms with Gasteiger partial charge >= 0.3 is 6.09 Å². The number of benzene rings is 2. The minimum Gasteiger partial charge on any atom is -0.450 e. The molecule has 1 atom stereocenters. The average Bonchev–Trinajstić information content (AvgIpc) is 2.62. The van der Waals surface area contributed by atoms with E-state index in [1.54, 1.807) is 50.4 Å². The van der Waals surface area contributed by atoms with Gasteiger partial charge in [-0.25, -0.2) is 13.2 Å². The standard InChI is InChI=1S/C19H22N2O4S/c1-4-25-19(22)20(3)13-14(2)21-15-9-5-7-11-17(15)26(23,24)18-12-8-6-10-16(18)21/h5-12,14H,4,13H2,1-3H3. The second-order valence-corrected chi connectivity index (χ2v) is 8.12. The zero-order valence-corrected chi connectivity index (χ0v) is 15.9. The van der Waals surface area contributed by atoms with Crippen LogP contribution in [-0.2, 0) is 14.6 Å². The minimum absolute atomic E-state index is 0.151. The van der Waals surface area contributed by atoms with Crippen LogP contribution in [0.15, 0.2) is 58.3 Å². The number of hydrogen-bond donors (Lipinski definition) is 0. The van der Waals surface area contributed by atoms with Crippen molar-refractivity contribution in [3.63, 3.8) is 0 Å². The summed E-state index contributed by atoms with van der Waals surface area (Å²) in [5, 5.41) is 0. The highest BCUT2D eigenvalue weighted by Crippen LogP contribution is 2.44. The molecule has 1 aliphatic rings. The average molecular weight is 374 g/mol. The summed E-state index contributed by atoms with van der Waals surface area (Å²) in [5.41, 5.74) is 1.24. The molecule has 0 bridgehead atoms. The summed E-state index contributed by atoms with van der Waals surface area (Å²) in [6.45, 7) is 4.42. The Bertz CT molecular complexity index is 873. The highest BCUT2D eigenvalue weighted by atomic mass is 32.2. The molecule has 7 heteroatoms. The molecule has 0 aliphatic carbocycles. The number of para-hydroxylation sites is 2. The maximum absolute atomic E-state index is 13.0. The number of hydrogen-bond acceptors (Lipinski definition) is 5. The molecule has 0 radical (unpaired) electrons. The first-order valence-corrected chi connectivity index (χ1v) is 9.96. The molecule has 1 heterocycles. The maximum atomic E-state index is 13.0. The topological polar surface area (TPSA) is 66.9 Å². The van der Waals surface area contributed by atoms with Gasteiger partial charge in [-0.2, -0.15) is 0 Å². The molecule has 2 aromatic rings. The van der Waals surface area contributed by atoms with Crippen LogP contribution in [0, 0.1) is 0 Å². The number of fused-ring (bicyclic) bond motifs is 2. The quantitative estimate of drug-likeness (QED) is 0.820. The molecule has 0 saturated carbocycles. The highest BCUT2D eigenvalue weighted by Gasteiger charge is 2.36. The molecule has 138 valence electrons. The second kappa shape index (κ2) is 6.99. The van der Waals surface area contributed by atoms with E-state index in [0.717, 1.165) is 0 Å². The van der Waals surface area contributed by atoms with E-state index in [-0.39, 0.29) is 15.8 Å². The normalized spacial score (nSPS) is 15.6. The number of ether oxygens (including phenoxy) is 1. The summed E-state index contributed by atoms with van der Waals surface area (Å²) in [5.74, 6) is 0. The Morgan fingerprint density at radius 2 is 1.58 bits per heavy atom. The lowest BCUT2D eigenvalue weighted by Gasteiger charge is -2.38. The van der Waals surface area contributed by atoms with E-state index < -0.39 is 15.9 Å². The fourth-order valence-corrected chi connectivity index (χ4v) is 4.91. The van der Waals surface area contributed by atoms with E-state index in [1.807, 2.05) is 24.0 Å². The van der Waals surface area contributed by atoms with Crippen molar-refractivity contribution in [1.82, 2.24) is 4.90 Å². The van der Waals surface area contributed by atoms with Crippen LogP contribution < -0.4 is 4.90 Å². The molecule has 6 nitrogen and oxygen atoms in total. The minimum atomic E-state index is -3.57. The van der Waals surface area contributed by atoms with Gasteiger partial charge in [0.05, 0.1) is 27.8 Å². The number of nitrogens with zero attached hydrogens (tertiary/aromatic N) is 2. The predicted octanol–water partition coefficient (Wildman–Crippen LogP) is 3.45. The lowest BCUT2D eigenvalue weighted by Crippen LogP contribution is -2.43. The first-order chi connectivity index (χ1) is 12.4. The maximum Gasteiger partial charge on any atom is 0.409 e. The third-order valence-corrected chi connectivity index (χ3v) is 6.24. The first kappa shape index (κ1) is 18.3. The first-order valence-electron chi connectivity index (χ1n) is 8.48. The molecule has 3 rings (SSSR count). The lowest BCUT2D eigenvalue weighted by atomic mass is 10.1. The van der Waals surface area contributed by atoms with Crippen molar-refractivity contribution in [3.8, 4) is 0 Å². The number of rotatable bonds is 4. The third-order valence-electron chi connectivity index (χ3n) is 4.39. The number of carbonyl (C=O) groups is 1. The smallest absolute Gasteiger partial charge is 0.409 e. The Morgan fingerprint density at radius 3 is 2.08 bits per heavy atom. The zero-order chi connectivity index (χ0) is 18.9. The number of likely N-dealkylation sites (N-methyl/N-ethyl adjacent to an activating group) is 1. The Balaban J connectivity index is 2.04. The van der Waals surface area contributed by atoms with Crippen LogP contribution in [0.25, 0.3) is 0 Å². The number of sulfone groups is 1. The SMILES string of the molecule is CCOC(=O)N(C)CC(C)N1c2ccccc2S(=O)(=O)c2ccccc21. The van der Waals surface area contributed by atoms with Gasteiger partial charge < -0.3 is 14.5 Å². The van der Waals surface area contributed by atoms with E-state index in [2.05, 4.69) is 0 Å². The van der Waals surface area contributed by atoms with Crippen molar-refractivity contribution in [2.24, 2.45) is 0 Å². The lowest BCUT2D eigenvalue weighted by molar-refractivity contribution is 0.114. The van der Waals surface area contributed by atoms with Crippen molar-refractivity contribution >= 4 is 27.3 Å². The molecule has 0 aromatic heterocycles. The molecule has 0 spiro atoms. The highest BCUT2D eigenvalue weighted by molar-refractivity contribution is 7.92. The fraction of sp³-hybridized carbons (Fsp3) is 0.316. The Hall–Kier alpha value is -2.54. The fourth-order valence-electron chi connectivity index (χ4n) is 3.28. The molecule has 0 fully saturated rings. The van der Waals surface area contributed by atoms with E-state index in [1.165, 1.54) is 4.90 Å². The van der Waals surface area contributed by atoms with Gasteiger partial charge in [0, 0.05) is 19.6 Å². The third kappa shape index (κ3) is 3.03. The molecule has 0 N–H and O–H groups in total. The molecule has 1 aliphatic heterocycles. The monoisotopic (exact) mass is 374 g/mol. The molecule has 26 heavy (non-hydrogen) atoms. The summed E-state index contributed by atoms with van der Waals surface area (Å²) in [7, 11) is -1.89. The molecule has 0 saturated heterocycles. The zero-order valence-electron chi connectivity index (χ0n) is 15.0. The van der Waals surface area contributed by atoms with Crippen molar-refractivity contribution < 1.29 is 17.9 Å². The summed E-state index contributed by atoms with van der Waals surface area (Å²) >= 11 is 0. The van der Waals surface area contributed by atoms with Crippen LogP contribution in [-0.4, -0.2) is 45.7 Å². The summed E-state index contributed by atoms with van der Waals surface area (Å²) in [6.07, 6.45) is -0.398. The Kier molecular flexibility index (Phi) is 4.91. The number of amides is 1. The van der Waals surface area contributed by atoms with Gasteiger partial charge in [0.1, 0.15) is 0 Å². The van der Waals surface area contributed by atoms with Crippen molar-refractivity contribution in [2.45, 2.75) is 29.7 Å². The van der Waals surface area contributed by atoms with Gasteiger partial charge in [-0.1, -0.05) is 24.3 Å². The van der Waals surface area contributed by atoms with Gasteiger partial charge in [0.25, 0.3) is 0 Å². The summed E-state index contributed by atoms with van der Waals surface area (Å²) in [6, 6.07) is 13.8. The van der Waals surface area contributed by atoms with Crippen molar-refractivity contribution in [2.75, 3.05) is 25.1 Å². The van der Waals surface area contributed by atoms with E-state index in [4.69, 9.17) is 4.74 Å². The summed E-state index contributed by atoms with van der Waals surface area (Å²) < 4.78 is 31.0. The van der Waals surface area contributed by atoms with E-state index in [9.17, 15) is 13.2 Å². The van der Waals surface area contributed by atoms with Crippen LogP contribution in [0.5, 0.6) is 0 Å². The second-order valence-electron chi connectivity index (χ2n) is 6.24. The Labute approximate surface area is 153 Å². The molecular formula is C19H22N2O4S. The van der Waals surface area contributed by atoms with Crippen LogP contribution >= 0.6 is 0 Å². The van der Waals surface area contributed by atoms with Gasteiger partial charge in [-0.3, -0.25) is 0 Å². The van der Waals surface area contributed by atoms with Gasteiger partial charge in [-0.05, 0) is 38.1 Å². The van der Waals surface area contributed by atoms with Gasteiger partial charge in [0.2, 0.25) is 9.84 Å². The molecular weight excluding hydrogens is 352 g/mol. The van der Waals surface area contributed by atoms with Crippen LogP contribution in [0.3, 0.4) is 0 Å². The van der Waals surface area contributed by atoms with Crippen molar-refractivity contribution in [3.05, 3.63) is 48.5 Å². The summed E-state index contributed by atoms with van der Waals surface area (Å²) in [4.78, 5) is 16.0. The molecule has 1 amide bonds. The molecule has 1 unspecified atom stereocenters. The largest absolute Gasteiger partial charge is 0.450 e. The van der Waals surface area contributed by atoms with E-state index >= 15 is 0 Å². The van der Waals surface area contributed by atoms with E-state index in [0.29, 0.717) is 24.5 Å².